The Bertz CT molecular complexity index is 418. The number of Topliss-reactive ketones (excluding diaryl/α,β-unsaturated/α-hetero) is 1. The van der Waals surface area contributed by atoms with Gasteiger partial charge in [0.25, 0.3) is 5.56 Å². The molecule has 0 radical (unpaired) electrons. The van der Waals surface area contributed by atoms with Gasteiger partial charge in [0.1, 0.15) is 0 Å². The van der Waals surface area contributed by atoms with Gasteiger partial charge in [-0.15, -0.1) is 0 Å². The third-order valence-electron chi connectivity index (χ3n) is 2.62. The number of H-pyrrole nitrogens is 1. The van der Waals surface area contributed by atoms with Crippen molar-refractivity contribution in [3.05, 3.63) is 27.9 Å². The summed E-state index contributed by atoms with van der Waals surface area (Å²) >= 11 is 0. The van der Waals surface area contributed by atoms with Crippen molar-refractivity contribution in [3.8, 4) is 0 Å². The van der Waals surface area contributed by atoms with Crippen LogP contribution in [0.2, 0.25) is 0 Å². The second-order valence-corrected chi connectivity index (χ2v) is 3.70. The van der Waals surface area contributed by atoms with E-state index < -0.39 is 0 Å². The van der Waals surface area contributed by atoms with Crippen molar-refractivity contribution in [1.29, 1.82) is 0 Å². The second kappa shape index (κ2) is 3.36. The van der Waals surface area contributed by atoms with Gasteiger partial charge in [0.2, 0.25) is 0 Å². The Balaban J connectivity index is 2.40. The molecular weight excluding hydrogens is 180 g/mol. The molecule has 0 atom stereocenters. The van der Waals surface area contributed by atoms with E-state index in [9.17, 15) is 9.59 Å². The van der Waals surface area contributed by atoms with Gasteiger partial charge in [-0.05, 0) is 12.8 Å². The van der Waals surface area contributed by atoms with Crippen LogP contribution in [-0.4, -0.2) is 15.8 Å². The number of nitrogens with one attached hydrogen (secondary N) is 1. The van der Waals surface area contributed by atoms with E-state index in [1.807, 2.05) is 0 Å². The van der Waals surface area contributed by atoms with Crippen LogP contribution in [0.25, 0.3) is 0 Å². The van der Waals surface area contributed by atoms with Crippen LogP contribution >= 0.6 is 0 Å². The molecule has 1 aromatic heterocycles. The van der Waals surface area contributed by atoms with Gasteiger partial charge >= 0.3 is 0 Å². The summed E-state index contributed by atoms with van der Waals surface area (Å²) in [6.45, 7) is 1.41. The van der Waals surface area contributed by atoms with E-state index in [4.69, 9.17) is 0 Å². The maximum absolute atomic E-state index is 11.2. The van der Waals surface area contributed by atoms with Crippen LogP contribution in [0.3, 0.4) is 0 Å². The lowest BCUT2D eigenvalue weighted by molar-refractivity contribution is 0.100. The fourth-order valence-corrected chi connectivity index (χ4v) is 1.56. The molecule has 1 aliphatic carbocycles. The average Bonchev–Trinajstić information content (AvgIpc) is 1.99. The molecule has 0 unspecified atom stereocenters. The molecule has 0 spiro atoms. The lowest BCUT2D eigenvalue weighted by Crippen LogP contribution is -2.19. The van der Waals surface area contributed by atoms with E-state index in [1.165, 1.54) is 19.4 Å². The number of ketones is 1. The zero-order valence-electron chi connectivity index (χ0n) is 8.04. The summed E-state index contributed by atoms with van der Waals surface area (Å²) < 4.78 is 0. The molecule has 0 amide bonds. The predicted molar refractivity (Wildman–Crippen MR) is 51.5 cm³/mol. The van der Waals surface area contributed by atoms with Crippen molar-refractivity contribution < 1.29 is 4.79 Å². The molecule has 0 saturated heterocycles. The highest BCUT2D eigenvalue weighted by Crippen LogP contribution is 2.34. The Morgan fingerprint density at radius 3 is 2.79 bits per heavy atom. The highest BCUT2D eigenvalue weighted by atomic mass is 16.1. The first kappa shape index (κ1) is 9.12. The maximum Gasteiger partial charge on any atom is 0.251 e. The number of aromatic nitrogens is 2. The molecule has 1 aromatic rings. The van der Waals surface area contributed by atoms with Gasteiger partial charge in [-0.1, -0.05) is 6.42 Å². The third-order valence-corrected chi connectivity index (χ3v) is 2.62. The smallest absolute Gasteiger partial charge is 0.251 e. The molecule has 1 saturated carbocycles. The molecule has 74 valence electrons. The van der Waals surface area contributed by atoms with E-state index in [1.54, 1.807) is 0 Å². The summed E-state index contributed by atoms with van der Waals surface area (Å²) in [7, 11) is 0. The average molecular weight is 192 g/mol. The highest BCUT2D eigenvalue weighted by molar-refractivity contribution is 5.90. The van der Waals surface area contributed by atoms with Crippen molar-refractivity contribution in [2.24, 2.45) is 0 Å². The van der Waals surface area contributed by atoms with Crippen LogP contribution in [-0.2, 0) is 0 Å². The van der Waals surface area contributed by atoms with Crippen molar-refractivity contribution in [2.45, 2.75) is 32.1 Å². The summed E-state index contributed by atoms with van der Waals surface area (Å²) in [5.41, 5.74) is 0.539. The van der Waals surface area contributed by atoms with Gasteiger partial charge in [-0.2, -0.15) is 0 Å². The van der Waals surface area contributed by atoms with Crippen LogP contribution in [0, 0.1) is 0 Å². The quantitative estimate of drug-likeness (QED) is 0.717. The summed E-state index contributed by atoms with van der Waals surface area (Å²) in [5, 5.41) is 0. The van der Waals surface area contributed by atoms with Gasteiger partial charge in [0.15, 0.2) is 11.6 Å². The Labute approximate surface area is 81.4 Å². The van der Waals surface area contributed by atoms with Gasteiger partial charge in [0.05, 0.1) is 5.69 Å². The van der Waals surface area contributed by atoms with Gasteiger partial charge in [0, 0.05) is 18.9 Å². The molecule has 4 heteroatoms. The first-order valence-electron chi connectivity index (χ1n) is 4.79. The first-order valence-corrected chi connectivity index (χ1v) is 4.79. The van der Waals surface area contributed by atoms with Crippen molar-refractivity contribution in [2.75, 3.05) is 0 Å². The monoisotopic (exact) mass is 192 g/mol. The van der Waals surface area contributed by atoms with E-state index in [-0.39, 0.29) is 17.2 Å². The Morgan fingerprint density at radius 1 is 1.57 bits per heavy atom. The number of nitrogens with zero attached hydrogens (tertiary/aromatic N) is 1. The minimum absolute atomic E-state index is 0.180. The zero-order valence-corrected chi connectivity index (χ0v) is 8.04. The molecule has 0 aromatic carbocycles. The molecule has 4 nitrogen and oxygen atoms in total. The topological polar surface area (TPSA) is 62.8 Å². The molecule has 0 aliphatic heterocycles. The Hall–Kier alpha value is -1.45. The zero-order chi connectivity index (χ0) is 10.1. The minimum atomic E-state index is -0.230. The van der Waals surface area contributed by atoms with E-state index in [0.29, 0.717) is 5.92 Å². The molecule has 1 heterocycles. The third kappa shape index (κ3) is 1.60. The number of rotatable bonds is 2. The molecule has 1 N–H and O–H groups in total. The summed E-state index contributed by atoms with van der Waals surface area (Å²) in [6.07, 6.45) is 3.34. The minimum Gasteiger partial charge on any atom is -0.304 e. The fraction of sp³-hybridized carbons (Fsp3) is 0.500. The number of hydrogen-bond acceptors (Lipinski definition) is 3. The second-order valence-electron chi connectivity index (χ2n) is 3.70. The number of carbonyl (C=O) groups is 1. The van der Waals surface area contributed by atoms with Crippen LogP contribution in [0.4, 0.5) is 0 Å². The van der Waals surface area contributed by atoms with E-state index in [2.05, 4.69) is 9.97 Å². The Kier molecular flexibility index (Phi) is 2.19. The molecule has 14 heavy (non-hydrogen) atoms. The van der Waals surface area contributed by atoms with Crippen molar-refractivity contribution >= 4 is 5.78 Å². The number of carbonyl (C=O) groups excluding carboxylic acids is 1. The molecule has 0 bridgehead atoms. The predicted octanol–water partition coefficient (Wildman–Crippen LogP) is 1.24. The molecule has 2 rings (SSSR count). The lowest BCUT2D eigenvalue weighted by atomic mass is 9.83. The fourth-order valence-electron chi connectivity index (χ4n) is 1.56. The van der Waals surface area contributed by atoms with Crippen LogP contribution < -0.4 is 5.56 Å². The van der Waals surface area contributed by atoms with Crippen LogP contribution in [0.5, 0.6) is 0 Å². The van der Waals surface area contributed by atoms with E-state index in [0.717, 1.165) is 18.5 Å². The van der Waals surface area contributed by atoms with Gasteiger partial charge in [-0.25, -0.2) is 4.98 Å². The highest BCUT2D eigenvalue weighted by Gasteiger charge is 2.22. The lowest BCUT2D eigenvalue weighted by Gasteiger charge is -2.24. The van der Waals surface area contributed by atoms with Crippen LogP contribution in [0.15, 0.2) is 10.9 Å². The molecule has 1 aliphatic rings. The van der Waals surface area contributed by atoms with Crippen LogP contribution in [0.1, 0.15) is 48.4 Å². The standard InChI is InChI=1S/C10H12N2O2/c1-6(13)10-11-8(5-9(14)12-10)7-3-2-4-7/h5,7H,2-4H2,1H3,(H,11,12,14). The Morgan fingerprint density at radius 2 is 2.29 bits per heavy atom. The maximum atomic E-state index is 11.2. The van der Waals surface area contributed by atoms with Gasteiger partial charge < -0.3 is 4.98 Å². The summed E-state index contributed by atoms with van der Waals surface area (Å²) in [5.74, 6) is 0.373. The SMILES string of the molecule is CC(=O)c1nc(C2CCC2)cc(=O)[nH]1. The van der Waals surface area contributed by atoms with E-state index >= 15 is 0 Å². The van der Waals surface area contributed by atoms with Gasteiger partial charge in [-0.3, -0.25) is 9.59 Å². The largest absolute Gasteiger partial charge is 0.304 e. The number of hydrogen-bond donors (Lipinski definition) is 1. The van der Waals surface area contributed by atoms with Crippen molar-refractivity contribution in [1.82, 2.24) is 9.97 Å². The first-order chi connectivity index (χ1) is 6.66. The number of aromatic amines is 1. The molecule has 1 fully saturated rings. The summed E-state index contributed by atoms with van der Waals surface area (Å²) in [4.78, 5) is 28.8. The summed E-state index contributed by atoms with van der Waals surface area (Å²) in [6, 6.07) is 1.50. The normalized spacial score (nSPS) is 16.4. The molecular formula is C10H12N2O2. The van der Waals surface area contributed by atoms with Crippen molar-refractivity contribution in [3.63, 3.8) is 0 Å².